The highest BCUT2D eigenvalue weighted by Gasteiger charge is 2.09. The Kier molecular flexibility index (Phi) is 9.17. The highest BCUT2D eigenvalue weighted by molar-refractivity contribution is 9.10. The van der Waals surface area contributed by atoms with E-state index in [0.29, 0.717) is 5.75 Å². The molecule has 0 bridgehead atoms. The first-order valence-corrected chi connectivity index (χ1v) is 14.6. The molecular formula is C35H27BrO3S. The van der Waals surface area contributed by atoms with E-state index in [0.717, 1.165) is 26.2 Å². The van der Waals surface area contributed by atoms with E-state index < -0.39 is 5.97 Å². The van der Waals surface area contributed by atoms with Crippen molar-refractivity contribution in [3.63, 3.8) is 0 Å². The molecule has 0 saturated heterocycles. The van der Waals surface area contributed by atoms with Crippen molar-refractivity contribution in [2.75, 3.05) is 12.4 Å². The number of hydrogen-bond donors (Lipinski definition) is 1. The maximum atomic E-state index is 10.8. The molecule has 0 amide bonds. The van der Waals surface area contributed by atoms with Crippen LogP contribution in [0.2, 0.25) is 0 Å². The van der Waals surface area contributed by atoms with Crippen molar-refractivity contribution < 1.29 is 14.6 Å². The van der Waals surface area contributed by atoms with Gasteiger partial charge in [-0.25, -0.2) is 4.79 Å². The van der Waals surface area contributed by atoms with E-state index in [1.165, 1.54) is 27.8 Å². The normalized spacial score (nSPS) is 10.6. The van der Waals surface area contributed by atoms with E-state index in [2.05, 4.69) is 119 Å². The predicted molar refractivity (Wildman–Crippen MR) is 169 cm³/mol. The smallest absolute Gasteiger partial charge is 0.341 e. The minimum Gasteiger partial charge on any atom is -0.481 e. The molecule has 0 aliphatic carbocycles. The number of ether oxygens (including phenoxy) is 1. The zero-order chi connectivity index (χ0) is 27.7. The summed E-state index contributed by atoms with van der Waals surface area (Å²) in [7, 11) is 0. The Morgan fingerprint density at radius 1 is 0.700 bits per heavy atom. The van der Waals surface area contributed by atoms with Crippen LogP contribution in [-0.2, 0) is 4.79 Å². The van der Waals surface area contributed by atoms with Crippen molar-refractivity contribution in [1.82, 2.24) is 0 Å². The monoisotopic (exact) mass is 606 g/mol. The SMILES string of the molecule is O=C(O)COc1ccc(SCC=C(c2ccc(-c3ccccc3)cc2)c2ccc(-c3ccccc3)cc2)cc1Br. The molecule has 0 aliphatic rings. The lowest BCUT2D eigenvalue weighted by molar-refractivity contribution is -0.139. The second kappa shape index (κ2) is 13.3. The summed E-state index contributed by atoms with van der Waals surface area (Å²) in [5, 5.41) is 8.87. The van der Waals surface area contributed by atoms with E-state index in [9.17, 15) is 4.79 Å². The Hall–Kier alpha value is -4.06. The van der Waals surface area contributed by atoms with Crippen molar-refractivity contribution in [3.05, 3.63) is 149 Å². The van der Waals surface area contributed by atoms with Crippen molar-refractivity contribution in [2.24, 2.45) is 0 Å². The molecule has 0 unspecified atom stereocenters. The summed E-state index contributed by atoms with van der Waals surface area (Å²) in [6, 6.07) is 44.0. The van der Waals surface area contributed by atoms with E-state index in [1.54, 1.807) is 17.8 Å². The Bertz CT molecular complexity index is 1510. The zero-order valence-electron chi connectivity index (χ0n) is 21.7. The Morgan fingerprint density at radius 2 is 1.20 bits per heavy atom. The second-order valence-corrected chi connectivity index (χ2v) is 11.0. The molecule has 0 aromatic heterocycles. The Morgan fingerprint density at radius 3 is 1.68 bits per heavy atom. The third kappa shape index (κ3) is 7.12. The van der Waals surface area contributed by atoms with Crippen molar-refractivity contribution in [2.45, 2.75) is 4.90 Å². The van der Waals surface area contributed by atoms with Crippen LogP contribution in [0.5, 0.6) is 5.75 Å². The number of carboxylic acid groups (broad SMARTS) is 1. The number of carbonyl (C=O) groups is 1. The maximum Gasteiger partial charge on any atom is 0.341 e. The standard InChI is InChI=1S/C35H27BrO3S/c36-33-23-31(19-20-34(33)39-24-35(37)38)40-22-21-32(29-15-11-27(12-16-29)25-7-3-1-4-8-25)30-17-13-28(14-18-30)26-9-5-2-6-10-26/h1-21,23H,22,24H2,(H,37,38). The van der Waals surface area contributed by atoms with Gasteiger partial charge < -0.3 is 9.84 Å². The fraction of sp³-hybridized carbons (Fsp3) is 0.0571. The van der Waals surface area contributed by atoms with E-state index >= 15 is 0 Å². The molecule has 198 valence electrons. The third-order valence-corrected chi connectivity index (χ3v) is 7.94. The molecule has 0 saturated carbocycles. The van der Waals surface area contributed by atoms with Gasteiger partial charge in [-0.3, -0.25) is 0 Å². The molecule has 5 heteroatoms. The summed E-state index contributed by atoms with van der Waals surface area (Å²) in [5.74, 6) is 0.273. The molecular weight excluding hydrogens is 580 g/mol. The van der Waals surface area contributed by atoms with Crippen LogP contribution in [0.4, 0.5) is 0 Å². The Balaban J connectivity index is 1.40. The van der Waals surface area contributed by atoms with E-state index in [-0.39, 0.29) is 6.61 Å². The largest absolute Gasteiger partial charge is 0.481 e. The molecule has 40 heavy (non-hydrogen) atoms. The number of aliphatic carboxylic acids is 1. The van der Waals surface area contributed by atoms with Gasteiger partial charge in [0.05, 0.1) is 4.47 Å². The molecule has 5 aromatic carbocycles. The maximum absolute atomic E-state index is 10.8. The Labute approximate surface area is 247 Å². The summed E-state index contributed by atoms with van der Waals surface area (Å²) >= 11 is 5.20. The zero-order valence-corrected chi connectivity index (χ0v) is 24.1. The number of benzene rings is 5. The van der Waals surface area contributed by atoms with Gasteiger partial charge in [0, 0.05) is 10.6 Å². The van der Waals surface area contributed by atoms with E-state index in [4.69, 9.17) is 9.84 Å². The lowest BCUT2D eigenvalue weighted by atomic mass is 9.94. The van der Waals surface area contributed by atoms with Gasteiger partial charge >= 0.3 is 5.97 Å². The highest BCUT2D eigenvalue weighted by Crippen LogP contribution is 2.33. The summed E-state index contributed by atoms with van der Waals surface area (Å²) in [4.78, 5) is 11.9. The van der Waals surface area contributed by atoms with Gasteiger partial charge in [-0.1, -0.05) is 115 Å². The van der Waals surface area contributed by atoms with Crippen LogP contribution in [0.1, 0.15) is 11.1 Å². The summed E-state index contributed by atoms with van der Waals surface area (Å²) in [5.41, 5.74) is 8.26. The van der Waals surface area contributed by atoms with Crippen LogP contribution in [0.3, 0.4) is 0 Å². The quantitative estimate of drug-likeness (QED) is 0.161. The molecule has 1 N–H and O–H groups in total. The first-order chi connectivity index (χ1) is 19.6. The lowest BCUT2D eigenvalue weighted by Crippen LogP contribution is -2.09. The van der Waals surface area contributed by atoms with Gasteiger partial charge in [0.25, 0.3) is 0 Å². The minimum absolute atomic E-state index is 0.372. The molecule has 3 nitrogen and oxygen atoms in total. The number of hydrogen-bond acceptors (Lipinski definition) is 3. The third-order valence-electron chi connectivity index (χ3n) is 6.40. The summed E-state index contributed by atoms with van der Waals surface area (Å²) in [6.45, 7) is -0.372. The minimum atomic E-state index is -1.00. The summed E-state index contributed by atoms with van der Waals surface area (Å²) in [6.07, 6.45) is 2.27. The number of halogens is 1. The van der Waals surface area contributed by atoms with Crippen LogP contribution in [0.15, 0.2) is 143 Å². The molecule has 0 aliphatic heterocycles. The van der Waals surface area contributed by atoms with Crippen molar-refractivity contribution >= 4 is 39.2 Å². The number of carboxylic acids is 1. The average Bonchev–Trinajstić information content (AvgIpc) is 3.00. The molecule has 5 rings (SSSR count). The molecule has 0 heterocycles. The molecule has 0 atom stereocenters. The first kappa shape index (κ1) is 27.5. The highest BCUT2D eigenvalue weighted by atomic mass is 79.9. The van der Waals surface area contributed by atoms with Gasteiger partial charge in [0.1, 0.15) is 5.75 Å². The van der Waals surface area contributed by atoms with Crippen LogP contribution < -0.4 is 4.74 Å². The first-order valence-electron chi connectivity index (χ1n) is 12.9. The lowest BCUT2D eigenvalue weighted by Gasteiger charge is -2.12. The molecule has 0 spiro atoms. The fourth-order valence-electron chi connectivity index (χ4n) is 4.40. The second-order valence-electron chi connectivity index (χ2n) is 9.09. The number of rotatable bonds is 10. The van der Waals surface area contributed by atoms with Gasteiger partial charge in [0.2, 0.25) is 0 Å². The molecule has 5 aromatic rings. The van der Waals surface area contributed by atoms with Gasteiger partial charge in [-0.15, -0.1) is 11.8 Å². The van der Waals surface area contributed by atoms with Gasteiger partial charge in [-0.05, 0) is 73.1 Å². The van der Waals surface area contributed by atoms with Crippen LogP contribution in [-0.4, -0.2) is 23.4 Å². The van der Waals surface area contributed by atoms with Crippen LogP contribution >= 0.6 is 27.7 Å². The topological polar surface area (TPSA) is 46.5 Å². The van der Waals surface area contributed by atoms with Crippen molar-refractivity contribution in [3.8, 4) is 28.0 Å². The predicted octanol–water partition coefficient (Wildman–Crippen LogP) is 9.47. The average molecular weight is 608 g/mol. The van der Waals surface area contributed by atoms with Crippen LogP contribution in [0, 0.1) is 0 Å². The fourth-order valence-corrected chi connectivity index (χ4v) is 5.85. The van der Waals surface area contributed by atoms with Gasteiger partial charge in [-0.2, -0.15) is 0 Å². The van der Waals surface area contributed by atoms with Gasteiger partial charge in [0.15, 0.2) is 6.61 Å². The summed E-state index contributed by atoms with van der Waals surface area (Å²) < 4.78 is 6.06. The van der Waals surface area contributed by atoms with Crippen molar-refractivity contribution in [1.29, 1.82) is 0 Å². The number of thioether (sulfide) groups is 1. The molecule has 0 fully saturated rings. The van der Waals surface area contributed by atoms with E-state index in [1.807, 2.05) is 24.3 Å². The molecule has 0 radical (unpaired) electrons. The van der Waals surface area contributed by atoms with Crippen LogP contribution in [0.25, 0.3) is 27.8 Å².